The van der Waals surface area contributed by atoms with Crippen molar-refractivity contribution in [1.82, 2.24) is 15.2 Å². The number of urea groups is 1. The van der Waals surface area contributed by atoms with E-state index in [1.807, 2.05) is 42.6 Å². The molecule has 4 rings (SSSR count). The molecule has 2 aromatic rings. The zero-order valence-electron chi connectivity index (χ0n) is 18.3. The first kappa shape index (κ1) is 21.5. The van der Waals surface area contributed by atoms with E-state index in [-0.39, 0.29) is 23.8 Å². The third kappa shape index (κ3) is 4.08. The first-order chi connectivity index (χ1) is 14.6. The summed E-state index contributed by atoms with van der Waals surface area (Å²) in [5, 5.41) is 5.32. The molecule has 8 heteroatoms. The van der Waals surface area contributed by atoms with Crippen LogP contribution >= 0.6 is 11.3 Å². The van der Waals surface area contributed by atoms with Crippen LogP contribution in [0.1, 0.15) is 45.7 Å². The van der Waals surface area contributed by atoms with Gasteiger partial charge in [-0.2, -0.15) is 0 Å². The molecule has 1 N–H and O–H groups in total. The molecule has 1 saturated carbocycles. The lowest BCUT2D eigenvalue weighted by Gasteiger charge is -2.43. The van der Waals surface area contributed by atoms with Gasteiger partial charge in [0.25, 0.3) is 11.8 Å². The normalized spacial score (nSPS) is 25.0. The van der Waals surface area contributed by atoms with Crippen LogP contribution in [-0.4, -0.2) is 39.8 Å². The lowest BCUT2D eigenvalue weighted by Crippen LogP contribution is -2.54. The van der Waals surface area contributed by atoms with Gasteiger partial charge in [-0.15, -0.1) is 11.3 Å². The van der Waals surface area contributed by atoms with E-state index in [0.29, 0.717) is 29.6 Å². The number of aromatic nitrogens is 1. The van der Waals surface area contributed by atoms with Crippen LogP contribution in [0.2, 0.25) is 0 Å². The summed E-state index contributed by atoms with van der Waals surface area (Å²) >= 11 is 1.35. The standard InChI is InChI=1S/C23H28N4O3S/c1-15-10-22(3,4)14-23(11-15)19(29)26(20(30)25-23)12-18(28)27(17-8-6-5-7-9-17)21-24-16(2)13-31-21/h5-9,13,15H,10-12,14H2,1-4H3,(H,25,30). The Labute approximate surface area is 186 Å². The Bertz CT molecular complexity index is 1020. The Hall–Kier alpha value is -2.74. The van der Waals surface area contributed by atoms with Crippen LogP contribution in [0, 0.1) is 18.3 Å². The third-order valence-electron chi connectivity index (χ3n) is 5.98. The van der Waals surface area contributed by atoms with E-state index in [0.717, 1.165) is 17.0 Å². The van der Waals surface area contributed by atoms with E-state index in [4.69, 9.17) is 0 Å². The molecule has 2 aliphatic rings. The summed E-state index contributed by atoms with van der Waals surface area (Å²) in [5.41, 5.74) is 0.473. The van der Waals surface area contributed by atoms with Crippen LogP contribution in [-0.2, 0) is 9.59 Å². The van der Waals surface area contributed by atoms with Crippen molar-refractivity contribution in [3.63, 3.8) is 0 Å². The molecule has 1 saturated heterocycles. The van der Waals surface area contributed by atoms with Crippen molar-refractivity contribution in [2.24, 2.45) is 11.3 Å². The molecular formula is C23H28N4O3S. The highest BCUT2D eigenvalue weighted by Crippen LogP contribution is 2.46. The Kier molecular flexibility index (Phi) is 5.37. The SMILES string of the molecule is Cc1csc(N(C(=O)CN2C(=O)NC3(CC(C)CC(C)(C)C3)C2=O)c2ccccc2)n1. The zero-order valence-corrected chi connectivity index (χ0v) is 19.2. The average molecular weight is 441 g/mol. The van der Waals surface area contributed by atoms with Gasteiger partial charge in [-0.05, 0) is 49.7 Å². The van der Waals surface area contributed by atoms with Gasteiger partial charge in [0.05, 0.1) is 11.4 Å². The molecule has 2 atom stereocenters. The van der Waals surface area contributed by atoms with Gasteiger partial charge >= 0.3 is 6.03 Å². The topological polar surface area (TPSA) is 82.6 Å². The molecule has 2 fully saturated rings. The number of amides is 4. The van der Waals surface area contributed by atoms with Crippen LogP contribution in [0.4, 0.5) is 15.6 Å². The van der Waals surface area contributed by atoms with E-state index >= 15 is 0 Å². The molecule has 31 heavy (non-hydrogen) atoms. The lowest BCUT2D eigenvalue weighted by molar-refractivity contribution is -0.137. The summed E-state index contributed by atoms with van der Waals surface area (Å²) in [5.74, 6) is -0.360. The minimum Gasteiger partial charge on any atom is -0.323 e. The van der Waals surface area contributed by atoms with Crippen LogP contribution in [0.3, 0.4) is 0 Å². The fraction of sp³-hybridized carbons (Fsp3) is 0.478. The monoisotopic (exact) mass is 440 g/mol. The number of anilines is 2. The highest BCUT2D eigenvalue weighted by molar-refractivity contribution is 7.14. The van der Waals surface area contributed by atoms with Gasteiger partial charge in [0.15, 0.2) is 5.13 Å². The van der Waals surface area contributed by atoms with Gasteiger partial charge in [0.1, 0.15) is 12.1 Å². The maximum atomic E-state index is 13.4. The second kappa shape index (κ2) is 7.75. The van der Waals surface area contributed by atoms with Crippen molar-refractivity contribution in [2.45, 2.75) is 52.5 Å². The molecule has 1 aliphatic carbocycles. The number of hydrogen-bond acceptors (Lipinski definition) is 5. The summed E-state index contributed by atoms with van der Waals surface area (Å²) in [4.78, 5) is 46.6. The molecule has 0 radical (unpaired) electrons. The maximum absolute atomic E-state index is 13.4. The second-order valence-electron chi connectivity index (χ2n) is 9.59. The fourth-order valence-corrected chi connectivity index (χ4v) is 6.08. The molecular weight excluding hydrogens is 412 g/mol. The van der Waals surface area contributed by atoms with Crippen molar-refractivity contribution in [1.29, 1.82) is 0 Å². The second-order valence-corrected chi connectivity index (χ2v) is 10.4. The summed E-state index contributed by atoms with van der Waals surface area (Å²) in [7, 11) is 0. The number of carbonyl (C=O) groups excluding carboxylic acids is 3. The van der Waals surface area contributed by atoms with Crippen molar-refractivity contribution < 1.29 is 14.4 Å². The average Bonchev–Trinajstić information content (AvgIpc) is 3.18. The molecule has 1 aromatic heterocycles. The predicted octanol–water partition coefficient (Wildman–Crippen LogP) is 4.25. The van der Waals surface area contributed by atoms with Crippen LogP contribution in [0.5, 0.6) is 0 Å². The van der Waals surface area contributed by atoms with Gasteiger partial charge in [-0.1, -0.05) is 39.0 Å². The summed E-state index contributed by atoms with van der Waals surface area (Å²) in [6, 6.07) is 8.67. The summed E-state index contributed by atoms with van der Waals surface area (Å²) < 4.78 is 0. The number of hydrogen-bond donors (Lipinski definition) is 1. The zero-order chi connectivity index (χ0) is 22.4. The van der Waals surface area contributed by atoms with Crippen molar-refractivity contribution in [2.75, 3.05) is 11.4 Å². The highest BCUT2D eigenvalue weighted by Gasteiger charge is 2.56. The van der Waals surface area contributed by atoms with Gasteiger partial charge in [-0.3, -0.25) is 19.4 Å². The third-order valence-corrected chi connectivity index (χ3v) is 6.92. The largest absolute Gasteiger partial charge is 0.325 e. The lowest BCUT2D eigenvalue weighted by atomic mass is 9.64. The highest BCUT2D eigenvalue weighted by atomic mass is 32.1. The molecule has 0 bridgehead atoms. The smallest absolute Gasteiger partial charge is 0.323 e. The molecule has 164 valence electrons. The van der Waals surface area contributed by atoms with Crippen LogP contribution in [0.25, 0.3) is 0 Å². The molecule has 1 spiro atoms. The Morgan fingerprint density at radius 3 is 2.58 bits per heavy atom. The molecule has 2 heterocycles. The summed E-state index contributed by atoms with van der Waals surface area (Å²) in [6.45, 7) is 7.90. The quantitative estimate of drug-likeness (QED) is 0.721. The molecule has 2 unspecified atom stereocenters. The number of aryl methyl sites for hydroxylation is 1. The minimum absolute atomic E-state index is 0.0604. The van der Waals surface area contributed by atoms with E-state index < -0.39 is 11.6 Å². The number of benzene rings is 1. The van der Waals surface area contributed by atoms with Gasteiger partial charge in [0.2, 0.25) is 0 Å². The van der Waals surface area contributed by atoms with Gasteiger partial charge in [0, 0.05) is 5.38 Å². The molecule has 4 amide bonds. The van der Waals surface area contributed by atoms with E-state index in [1.165, 1.54) is 16.2 Å². The van der Waals surface area contributed by atoms with E-state index in [1.54, 1.807) is 0 Å². The Morgan fingerprint density at radius 1 is 1.26 bits per heavy atom. The van der Waals surface area contributed by atoms with E-state index in [2.05, 4.69) is 31.1 Å². The maximum Gasteiger partial charge on any atom is 0.325 e. The number of rotatable bonds is 4. The number of nitrogens with one attached hydrogen (secondary N) is 1. The first-order valence-electron chi connectivity index (χ1n) is 10.5. The molecule has 1 aromatic carbocycles. The van der Waals surface area contributed by atoms with Crippen LogP contribution < -0.4 is 10.2 Å². The fourth-order valence-electron chi connectivity index (χ4n) is 5.24. The van der Waals surface area contributed by atoms with Crippen molar-refractivity contribution in [3.8, 4) is 0 Å². The van der Waals surface area contributed by atoms with Crippen molar-refractivity contribution in [3.05, 3.63) is 41.4 Å². The number of nitrogens with zero attached hydrogens (tertiary/aromatic N) is 3. The Morgan fingerprint density at radius 2 is 1.97 bits per heavy atom. The number of thiazole rings is 1. The van der Waals surface area contributed by atoms with E-state index in [9.17, 15) is 14.4 Å². The Balaban J connectivity index is 1.61. The van der Waals surface area contributed by atoms with Gasteiger partial charge in [-0.25, -0.2) is 9.78 Å². The molecule has 1 aliphatic heterocycles. The minimum atomic E-state index is -0.923. The number of carbonyl (C=O) groups is 3. The van der Waals surface area contributed by atoms with Crippen LogP contribution in [0.15, 0.2) is 35.7 Å². The molecule has 7 nitrogen and oxygen atoms in total. The first-order valence-corrected chi connectivity index (χ1v) is 11.4. The predicted molar refractivity (Wildman–Crippen MR) is 120 cm³/mol. The van der Waals surface area contributed by atoms with Crippen molar-refractivity contribution >= 4 is 40.0 Å². The van der Waals surface area contributed by atoms with Gasteiger partial charge < -0.3 is 5.32 Å². The number of imide groups is 1. The summed E-state index contributed by atoms with van der Waals surface area (Å²) in [6.07, 6.45) is 2.18. The number of para-hydroxylation sites is 1.